The Hall–Kier alpha value is -2.43. The van der Waals surface area contributed by atoms with Crippen LogP contribution >= 0.6 is 0 Å². The fourth-order valence-electron chi connectivity index (χ4n) is 2.25. The Morgan fingerprint density at radius 2 is 1.76 bits per heavy atom. The molecule has 0 saturated carbocycles. The first-order valence-corrected chi connectivity index (χ1v) is 6.95. The predicted molar refractivity (Wildman–Crippen MR) is 84.7 cm³/mol. The summed E-state index contributed by atoms with van der Waals surface area (Å²) >= 11 is 0. The highest BCUT2D eigenvalue weighted by Crippen LogP contribution is 2.26. The molecule has 0 aliphatic carbocycles. The van der Waals surface area contributed by atoms with Gasteiger partial charge in [0.1, 0.15) is 12.1 Å². The molecule has 3 aromatic rings. The second kappa shape index (κ2) is 4.84. The topological polar surface area (TPSA) is 55.6 Å². The van der Waals surface area contributed by atoms with E-state index >= 15 is 0 Å². The van der Waals surface area contributed by atoms with Crippen molar-refractivity contribution in [2.24, 2.45) is 7.05 Å². The number of hydrogen-bond acceptors (Lipinski definition) is 4. The first kappa shape index (κ1) is 13.5. The Bertz CT molecular complexity index is 765. The molecule has 0 saturated heterocycles. The van der Waals surface area contributed by atoms with Crippen LogP contribution in [0.25, 0.3) is 11.0 Å². The van der Waals surface area contributed by atoms with Crippen molar-refractivity contribution < 1.29 is 0 Å². The molecule has 0 radical (unpaired) electrons. The summed E-state index contributed by atoms with van der Waals surface area (Å²) < 4.78 is 1.74. The van der Waals surface area contributed by atoms with Crippen molar-refractivity contribution in [3.05, 3.63) is 42.4 Å². The fraction of sp³-hybridized carbons (Fsp3) is 0.312. The lowest BCUT2D eigenvalue weighted by molar-refractivity contribution is 0.590. The molecule has 1 N–H and O–H groups in total. The number of nitrogens with one attached hydrogen (secondary N) is 1. The van der Waals surface area contributed by atoms with Crippen LogP contribution in [0.1, 0.15) is 26.3 Å². The molecule has 0 spiro atoms. The summed E-state index contributed by atoms with van der Waals surface area (Å²) in [7, 11) is 1.87. The average molecular weight is 281 g/mol. The van der Waals surface area contributed by atoms with Gasteiger partial charge in [0.15, 0.2) is 5.65 Å². The molecule has 3 rings (SSSR count). The monoisotopic (exact) mass is 281 g/mol. The Balaban J connectivity index is 1.92. The number of hydrogen-bond donors (Lipinski definition) is 1. The highest BCUT2D eigenvalue weighted by Gasteiger charge is 2.13. The van der Waals surface area contributed by atoms with Crippen LogP contribution in [0.4, 0.5) is 11.5 Å². The highest BCUT2D eigenvalue weighted by atomic mass is 15.3. The molecule has 108 valence electrons. The van der Waals surface area contributed by atoms with Crippen molar-refractivity contribution in [3.63, 3.8) is 0 Å². The number of benzene rings is 1. The number of rotatable bonds is 2. The quantitative estimate of drug-likeness (QED) is 0.782. The average Bonchev–Trinajstić information content (AvgIpc) is 2.82. The van der Waals surface area contributed by atoms with Gasteiger partial charge >= 0.3 is 0 Å². The molecule has 1 aromatic carbocycles. The van der Waals surface area contributed by atoms with Crippen LogP contribution in [-0.4, -0.2) is 19.7 Å². The lowest BCUT2D eigenvalue weighted by Gasteiger charge is -2.19. The third-order valence-corrected chi connectivity index (χ3v) is 3.54. The minimum absolute atomic E-state index is 0.157. The Kier molecular flexibility index (Phi) is 3.12. The van der Waals surface area contributed by atoms with E-state index in [0.29, 0.717) is 0 Å². The standard InChI is InChI=1S/C16H19N5/c1-16(2,3)11-5-7-12(8-6-11)20-14-13-9-19-21(4)15(13)18-10-17-14/h5-10H,1-4H3,(H,17,18,20). The zero-order valence-corrected chi connectivity index (χ0v) is 12.8. The first-order chi connectivity index (χ1) is 9.95. The van der Waals surface area contributed by atoms with Crippen molar-refractivity contribution in [1.29, 1.82) is 0 Å². The van der Waals surface area contributed by atoms with E-state index in [2.05, 4.69) is 65.4 Å². The second-order valence-electron chi connectivity index (χ2n) is 6.18. The highest BCUT2D eigenvalue weighted by molar-refractivity contribution is 5.88. The van der Waals surface area contributed by atoms with E-state index < -0.39 is 0 Å². The Morgan fingerprint density at radius 1 is 1.05 bits per heavy atom. The van der Waals surface area contributed by atoms with Gasteiger partial charge in [-0.25, -0.2) is 9.97 Å². The molecule has 5 heteroatoms. The molecule has 2 heterocycles. The lowest BCUT2D eigenvalue weighted by atomic mass is 9.87. The van der Waals surface area contributed by atoms with Crippen LogP contribution in [0, 0.1) is 0 Å². The summed E-state index contributed by atoms with van der Waals surface area (Å²) in [6, 6.07) is 8.43. The van der Waals surface area contributed by atoms with E-state index in [1.54, 1.807) is 17.2 Å². The van der Waals surface area contributed by atoms with Gasteiger partial charge in [-0.2, -0.15) is 5.10 Å². The number of fused-ring (bicyclic) bond motifs is 1. The maximum absolute atomic E-state index is 4.31. The zero-order valence-electron chi connectivity index (χ0n) is 12.8. The molecular formula is C16H19N5. The van der Waals surface area contributed by atoms with Crippen LogP contribution < -0.4 is 5.32 Å². The molecule has 5 nitrogen and oxygen atoms in total. The van der Waals surface area contributed by atoms with Crippen molar-refractivity contribution in [3.8, 4) is 0 Å². The van der Waals surface area contributed by atoms with Gasteiger partial charge in [0.25, 0.3) is 0 Å². The van der Waals surface area contributed by atoms with E-state index in [4.69, 9.17) is 0 Å². The van der Waals surface area contributed by atoms with Crippen molar-refractivity contribution in [2.45, 2.75) is 26.2 Å². The van der Waals surface area contributed by atoms with Crippen molar-refractivity contribution >= 4 is 22.5 Å². The van der Waals surface area contributed by atoms with Crippen molar-refractivity contribution in [1.82, 2.24) is 19.7 Å². The summed E-state index contributed by atoms with van der Waals surface area (Å²) in [5, 5.41) is 8.47. The normalized spacial score (nSPS) is 11.8. The summed E-state index contributed by atoms with van der Waals surface area (Å²) in [4.78, 5) is 8.55. The number of anilines is 2. The van der Waals surface area contributed by atoms with Gasteiger partial charge in [-0.15, -0.1) is 0 Å². The second-order valence-corrected chi connectivity index (χ2v) is 6.18. The minimum Gasteiger partial charge on any atom is -0.340 e. The molecule has 0 aliphatic rings. The molecule has 0 fully saturated rings. The van der Waals surface area contributed by atoms with Gasteiger partial charge in [-0.3, -0.25) is 4.68 Å². The van der Waals surface area contributed by atoms with Crippen LogP contribution in [0.15, 0.2) is 36.8 Å². The van der Waals surface area contributed by atoms with Gasteiger partial charge in [0.05, 0.1) is 11.6 Å². The molecular weight excluding hydrogens is 262 g/mol. The summed E-state index contributed by atoms with van der Waals surface area (Å²) in [6.07, 6.45) is 3.33. The van der Waals surface area contributed by atoms with E-state index in [1.165, 1.54) is 5.56 Å². The molecule has 2 aromatic heterocycles. The number of aromatic nitrogens is 4. The lowest BCUT2D eigenvalue weighted by Crippen LogP contribution is -2.10. The molecule has 0 bridgehead atoms. The summed E-state index contributed by atoms with van der Waals surface area (Å²) in [5.41, 5.74) is 3.29. The van der Waals surface area contributed by atoms with Crippen LogP contribution in [0.5, 0.6) is 0 Å². The van der Waals surface area contributed by atoms with Gasteiger partial charge in [-0.1, -0.05) is 32.9 Å². The van der Waals surface area contributed by atoms with E-state index in [0.717, 1.165) is 22.5 Å². The molecule has 0 atom stereocenters. The van der Waals surface area contributed by atoms with E-state index in [9.17, 15) is 0 Å². The minimum atomic E-state index is 0.157. The Morgan fingerprint density at radius 3 is 2.43 bits per heavy atom. The summed E-state index contributed by atoms with van der Waals surface area (Å²) in [6.45, 7) is 6.62. The molecule has 0 unspecified atom stereocenters. The third-order valence-electron chi connectivity index (χ3n) is 3.54. The van der Waals surface area contributed by atoms with Gasteiger partial charge in [0, 0.05) is 12.7 Å². The number of nitrogens with zero attached hydrogens (tertiary/aromatic N) is 4. The number of aryl methyl sites for hydroxylation is 1. The Labute approximate surface area is 124 Å². The van der Waals surface area contributed by atoms with E-state index in [-0.39, 0.29) is 5.41 Å². The maximum Gasteiger partial charge on any atom is 0.163 e. The predicted octanol–water partition coefficient (Wildman–Crippen LogP) is 3.40. The largest absolute Gasteiger partial charge is 0.340 e. The first-order valence-electron chi connectivity index (χ1n) is 6.95. The van der Waals surface area contributed by atoms with Gasteiger partial charge < -0.3 is 5.32 Å². The van der Waals surface area contributed by atoms with Crippen LogP contribution in [-0.2, 0) is 12.5 Å². The van der Waals surface area contributed by atoms with E-state index in [1.807, 2.05) is 7.05 Å². The zero-order chi connectivity index (χ0) is 15.0. The summed E-state index contributed by atoms with van der Waals surface area (Å²) in [5.74, 6) is 0.775. The molecule has 21 heavy (non-hydrogen) atoms. The smallest absolute Gasteiger partial charge is 0.163 e. The van der Waals surface area contributed by atoms with Gasteiger partial charge in [-0.05, 0) is 23.1 Å². The third kappa shape index (κ3) is 2.59. The van der Waals surface area contributed by atoms with Crippen LogP contribution in [0.3, 0.4) is 0 Å². The van der Waals surface area contributed by atoms with Crippen molar-refractivity contribution in [2.75, 3.05) is 5.32 Å². The van der Waals surface area contributed by atoms with Crippen LogP contribution in [0.2, 0.25) is 0 Å². The molecule has 0 aliphatic heterocycles. The van der Waals surface area contributed by atoms with Gasteiger partial charge in [0.2, 0.25) is 0 Å². The molecule has 0 amide bonds. The SMILES string of the molecule is Cn1ncc2c(Nc3ccc(C(C)(C)C)cc3)ncnc21. The fourth-order valence-corrected chi connectivity index (χ4v) is 2.25. The maximum atomic E-state index is 4.31.